The molecule has 0 radical (unpaired) electrons. The van der Waals surface area contributed by atoms with Crippen molar-refractivity contribution in [3.8, 4) is 0 Å². The maximum atomic E-state index is 11.2. The van der Waals surface area contributed by atoms with Gasteiger partial charge in [0.2, 0.25) is 0 Å². The van der Waals surface area contributed by atoms with Crippen molar-refractivity contribution in [3.05, 3.63) is 28.8 Å². The Bertz CT molecular complexity index is 437. The number of carbonyl (C=O) groups is 1. The Morgan fingerprint density at radius 2 is 1.47 bits per heavy atom. The Morgan fingerprint density at radius 3 is 1.95 bits per heavy atom. The minimum absolute atomic E-state index is 0.454. The second-order valence-corrected chi connectivity index (χ2v) is 5.51. The SMILES string of the molecule is Cc1cc(N2CCCCCCC2)cc(C)c1C(=O)O. The molecule has 1 N–H and O–H groups in total. The topological polar surface area (TPSA) is 40.5 Å². The standard InChI is InChI=1S/C16H23NO2/c1-12-10-14(11-13(2)15(12)16(18)19)17-8-6-4-3-5-7-9-17/h10-11H,3-9H2,1-2H3,(H,18,19). The third-order valence-electron chi connectivity index (χ3n) is 3.95. The summed E-state index contributed by atoms with van der Waals surface area (Å²) in [7, 11) is 0. The Kier molecular flexibility index (Phi) is 4.46. The van der Waals surface area contributed by atoms with Gasteiger partial charge in [-0.05, 0) is 49.9 Å². The van der Waals surface area contributed by atoms with E-state index in [9.17, 15) is 9.90 Å². The van der Waals surface area contributed by atoms with Gasteiger partial charge in [-0.1, -0.05) is 19.3 Å². The lowest BCUT2D eigenvalue weighted by molar-refractivity contribution is 0.0695. The third-order valence-corrected chi connectivity index (χ3v) is 3.95. The Labute approximate surface area is 115 Å². The number of rotatable bonds is 2. The molecule has 1 fully saturated rings. The van der Waals surface area contributed by atoms with Gasteiger partial charge in [-0.25, -0.2) is 4.79 Å². The monoisotopic (exact) mass is 261 g/mol. The Hall–Kier alpha value is -1.51. The molecule has 104 valence electrons. The van der Waals surface area contributed by atoms with E-state index < -0.39 is 5.97 Å². The zero-order valence-electron chi connectivity index (χ0n) is 11.9. The molecule has 0 aliphatic carbocycles. The first kappa shape index (κ1) is 13.9. The molecule has 1 aliphatic rings. The van der Waals surface area contributed by atoms with Crippen molar-refractivity contribution in [2.75, 3.05) is 18.0 Å². The van der Waals surface area contributed by atoms with Gasteiger partial charge in [-0.2, -0.15) is 0 Å². The summed E-state index contributed by atoms with van der Waals surface area (Å²) in [5, 5.41) is 9.22. The molecule has 0 saturated carbocycles. The molecule has 1 aromatic rings. The predicted molar refractivity (Wildman–Crippen MR) is 78.2 cm³/mol. The van der Waals surface area contributed by atoms with Crippen LogP contribution in [-0.4, -0.2) is 24.2 Å². The molecule has 19 heavy (non-hydrogen) atoms. The molecule has 1 saturated heterocycles. The number of hydrogen-bond acceptors (Lipinski definition) is 2. The van der Waals surface area contributed by atoms with E-state index >= 15 is 0 Å². The lowest BCUT2D eigenvalue weighted by Gasteiger charge is -2.28. The summed E-state index contributed by atoms with van der Waals surface area (Å²) >= 11 is 0. The van der Waals surface area contributed by atoms with Crippen molar-refractivity contribution < 1.29 is 9.90 Å². The van der Waals surface area contributed by atoms with Crippen LogP contribution in [0.4, 0.5) is 5.69 Å². The van der Waals surface area contributed by atoms with Crippen molar-refractivity contribution in [2.45, 2.75) is 46.0 Å². The highest BCUT2D eigenvalue weighted by Gasteiger charge is 2.15. The molecule has 0 spiro atoms. The van der Waals surface area contributed by atoms with Crippen molar-refractivity contribution in [3.63, 3.8) is 0 Å². The van der Waals surface area contributed by atoms with Gasteiger partial charge in [0.05, 0.1) is 5.56 Å². The molecule has 0 unspecified atom stereocenters. The van der Waals surface area contributed by atoms with E-state index in [4.69, 9.17) is 0 Å². The van der Waals surface area contributed by atoms with Crippen LogP contribution in [0.5, 0.6) is 0 Å². The van der Waals surface area contributed by atoms with E-state index in [1.807, 2.05) is 26.0 Å². The lowest BCUT2D eigenvalue weighted by Crippen LogP contribution is -2.27. The normalized spacial score (nSPS) is 16.8. The first-order valence-corrected chi connectivity index (χ1v) is 7.19. The number of carboxylic acid groups (broad SMARTS) is 1. The highest BCUT2D eigenvalue weighted by Crippen LogP contribution is 2.25. The van der Waals surface area contributed by atoms with Crippen LogP contribution in [0.15, 0.2) is 12.1 Å². The fraction of sp³-hybridized carbons (Fsp3) is 0.562. The van der Waals surface area contributed by atoms with Gasteiger partial charge >= 0.3 is 5.97 Å². The summed E-state index contributed by atoms with van der Waals surface area (Å²) in [6.07, 6.45) is 6.44. The van der Waals surface area contributed by atoms with Crippen LogP contribution in [0.2, 0.25) is 0 Å². The number of anilines is 1. The minimum Gasteiger partial charge on any atom is -0.478 e. The summed E-state index contributed by atoms with van der Waals surface area (Å²) in [5.41, 5.74) is 3.37. The van der Waals surface area contributed by atoms with Crippen molar-refractivity contribution >= 4 is 11.7 Å². The summed E-state index contributed by atoms with van der Waals surface area (Å²) in [6.45, 7) is 5.96. The van der Waals surface area contributed by atoms with E-state index in [1.54, 1.807) is 0 Å². The van der Waals surface area contributed by atoms with Crippen LogP contribution in [0.1, 0.15) is 53.6 Å². The van der Waals surface area contributed by atoms with Crippen LogP contribution in [-0.2, 0) is 0 Å². The zero-order valence-corrected chi connectivity index (χ0v) is 11.9. The van der Waals surface area contributed by atoms with E-state index in [-0.39, 0.29) is 0 Å². The van der Waals surface area contributed by atoms with Crippen LogP contribution in [0.25, 0.3) is 0 Å². The quantitative estimate of drug-likeness (QED) is 0.881. The fourth-order valence-corrected chi connectivity index (χ4v) is 2.97. The van der Waals surface area contributed by atoms with E-state index in [0.717, 1.165) is 24.2 Å². The smallest absolute Gasteiger partial charge is 0.336 e. The van der Waals surface area contributed by atoms with Gasteiger partial charge in [0.1, 0.15) is 0 Å². The van der Waals surface area contributed by atoms with E-state index in [0.29, 0.717) is 5.56 Å². The van der Waals surface area contributed by atoms with Crippen LogP contribution in [0, 0.1) is 13.8 Å². The largest absolute Gasteiger partial charge is 0.478 e. The van der Waals surface area contributed by atoms with Gasteiger partial charge < -0.3 is 10.0 Å². The highest BCUT2D eigenvalue weighted by atomic mass is 16.4. The van der Waals surface area contributed by atoms with Crippen LogP contribution >= 0.6 is 0 Å². The number of nitrogens with zero attached hydrogens (tertiary/aromatic N) is 1. The van der Waals surface area contributed by atoms with Crippen LogP contribution < -0.4 is 4.90 Å². The Balaban J connectivity index is 2.26. The van der Waals surface area contributed by atoms with Gasteiger partial charge in [-0.15, -0.1) is 0 Å². The number of carboxylic acids is 1. The number of hydrogen-bond donors (Lipinski definition) is 1. The molecule has 0 atom stereocenters. The molecule has 2 rings (SSSR count). The maximum absolute atomic E-state index is 11.2. The average molecular weight is 261 g/mol. The molecule has 0 bridgehead atoms. The molecule has 1 heterocycles. The van der Waals surface area contributed by atoms with Gasteiger partial charge in [0, 0.05) is 18.8 Å². The minimum atomic E-state index is -0.825. The summed E-state index contributed by atoms with van der Waals surface area (Å²) < 4.78 is 0. The van der Waals surface area contributed by atoms with E-state index in [2.05, 4.69) is 4.90 Å². The first-order chi connectivity index (χ1) is 9.09. The summed E-state index contributed by atoms with van der Waals surface area (Å²) in [4.78, 5) is 13.6. The fourth-order valence-electron chi connectivity index (χ4n) is 2.97. The lowest BCUT2D eigenvalue weighted by atomic mass is 10.0. The van der Waals surface area contributed by atoms with Crippen molar-refractivity contribution in [1.29, 1.82) is 0 Å². The Morgan fingerprint density at radius 1 is 1.00 bits per heavy atom. The molecule has 1 aromatic carbocycles. The molecular formula is C16H23NO2. The number of aromatic carboxylic acids is 1. The highest BCUT2D eigenvalue weighted by molar-refractivity contribution is 5.91. The summed E-state index contributed by atoms with van der Waals surface area (Å²) in [6, 6.07) is 4.05. The number of benzene rings is 1. The molecule has 0 aromatic heterocycles. The molecule has 3 heteroatoms. The van der Waals surface area contributed by atoms with Crippen molar-refractivity contribution in [2.24, 2.45) is 0 Å². The third kappa shape index (κ3) is 3.28. The summed E-state index contributed by atoms with van der Waals surface area (Å²) in [5.74, 6) is -0.825. The zero-order chi connectivity index (χ0) is 13.8. The first-order valence-electron chi connectivity index (χ1n) is 7.19. The molecule has 1 aliphatic heterocycles. The second kappa shape index (κ2) is 6.09. The van der Waals surface area contributed by atoms with Gasteiger partial charge in [0.15, 0.2) is 0 Å². The van der Waals surface area contributed by atoms with Gasteiger partial charge in [-0.3, -0.25) is 0 Å². The average Bonchev–Trinajstić information content (AvgIpc) is 2.26. The second-order valence-electron chi connectivity index (χ2n) is 5.51. The molecular weight excluding hydrogens is 238 g/mol. The molecule has 3 nitrogen and oxygen atoms in total. The molecule has 0 amide bonds. The maximum Gasteiger partial charge on any atom is 0.336 e. The van der Waals surface area contributed by atoms with Gasteiger partial charge in [0.25, 0.3) is 0 Å². The van der Waals surface area contributed by atoms with Crippen molar-refractivity contribution in [1.82, 2.24) is 0 Å². The van der Waals surface area contributed by atoms with E-state index in [1.165, 1.54) is 37.8 Å². The number of aryl methyl sites for hydroxylation is 2. The van der Waals surface area contributed by atoms with Crippen LogP contribution in [0.3, 0.4) is 0 Å². The predicted octanol–water partition coefficient (Wildman–Crippen LogP) is 3.77.